The van der Waals surface area contributed by atoms with E-state index in [-0.39, 0.29) is 17.0 Å². The van der Waals surface area contributed by atoms with Crippen molar-refractivity contribution in [3.8, 4) is 5.75 Å². The summed E-state index contributed by atoms with van der Waals surface area (Å²) >= 11 is 5.94. The Morgan fingerprint density at radius 2 is 2.00 bits per heavy atom. The van der Waals surface area contributed by atoms with Gasteiger partial charge in [0.25, 0.3) is 5.91 Å². The molecule has 124 valence electrons. The lowest BCUT2D eigenvalue weighted by Gasteiger charge is -2.06. The average Bonchev–Trinajstić information content (AvgIpc) is 2.59. The number of nitrogens with zero attached hydrogens (tertiary/aromatic N) is 2. The van der Waals surface area contributed by atoms with E-state index in [9.17, 15) is 14.9 Å². The minimum absolute atomic E-state index is 0.150. The third-order valence-electron chi connectivity index (χ3n) is 3.24. The summed E-state index contributed by atoms with van der Waals surface area (Å²) in [5.74, 6) is -0.320. The van der Waals surface area contributed by atoms with Gasteiger partial charge in [-0.05, 0) is 31.2 Å². The van der Waals surface area contributed by atoms with Gasteiger partial charge in [-0.15, -0.1) is 0 Å². The number of carbonyl (C=O) groups is 1. The van der Waals surface area contributed by atoms with E-state index in [1.165, 1.54) is 19.2 Å². The van der Waals surface area contributed by atoms with Crippen molar-refractivity contribution < 1.29 is 14.5 Å². The lowest BCUT2D eigenvalue weighted by atomic mass is 10.1. The third-order valence-corrected chi connectivity index (χ3v) is 3.57. The molecule has 0 aliphatic heterocycles. The standard InChI is InChI=1S/C16H14ClN3O4/c1-10(11-7-8-15(24-2)14(9-11)20(22)23)18-19-16(21)12-5-3-4-6-13(12)17/h3-9H,1-2H3,(H,19,21)/b18-10-. The molecule has 0 heterocycles. The third kappa shape index (κ3) is 3.88. The van der Waals surface area contributed by atoms with Gasteiger partial charge in [0, 0.05) is 11.6 Å². The number of methoxy groups -OCH3 is 1. The van der Waals surface area contributed by atoms with Crippen LogP contribution >= 0.6 is 11.6 Å². The van der Waals surface area contributed by atoms with Crippen LogP contribution in [-0.4, -0.2) is 23.7 Å². The van der Waals surface area contributed by atoms with Crippen LogP contribution in [0.1, 0.15) is 22.8 Å². The molecule has 0 spiro atoms. The van der Waals surface area contributed by atoms with Gasteiger partial charge in [0.15, 0.2) is 5.75 Å². The van der Waals surface area contributed by atoms with E-state index in [0.717, 1.165) is 0 Å². The number of carbonyl (C=O) groups excluding carboxylic acids is 1. The number of nitro groups is 1. The molecule has 0 fully saturated rings. The molecule has 0 aromatic heterocycles. The fraction of sp³-hybridized carbons (Fsp3) is 0.125. The number of amides is 1. The summed E-state index contributed by atoms with van der Waals surface area (Å²) in [4.78, 5) is 22.5. The highest BCUT2D eigenvalue weighted by molar-refractivity contribution is 6.33. The monoisotopic (exact) mass is 347 g/mol. The van der Waals surface area contributed by atoms with Gasteiger partial charge in [-0.2, -0.15) is 5.10 Å². The van der Waals surface area contributed by atoms with Crippen LogP contribution in [0, 0.1) is 10.1 Å². The van der Waals surface area contributed by atoms with Crippen LogP contribution in [0.15, 0.2) is 47.6 Å². The van der Waals surface area contributed by atoms with Crippen LogP contribution in [0.4, 0.5) is 5.69 Å². The number of nitrogens with one attached hydrogen (secondary N) is 1. The number of rotatable bonds is 5. The maximum atomic E-state index is 12.0. The average molecular weight is 348 g/mol. The predicted molar refractivity (Wildman–Crippen MR) is 90.8 cm³/mol. The molecule has 0 unspecified atom stereocenters. The first kappa shape index (κ1) is 17.4. The second kappa shape index (κ2) is 7.56. The van der Waals surface area contributed by atoms with Crippen molar-refractivity contribution in [2.75, 3.05) is 7.11 Å². The maximum absolute atomic E-state index is 12.0. The zero-order chi connectivity index (χ0) is 17.7. The number of hydrogen-bond donors (Lipinski definition) is 1. The van der Waals surface area contributed by atoms with Crippen LogP contribution < -0.4 is 10.2 Å². The Balaban J connectivity index is 2.22. The van der Waals surface area contributed by atoms with Gasteiger partial charge in [0.1, 0.15) is 0 Å². The Bertz CT molecular complexity index is 821. The summed E-state index contributed by atoms with van der Waals surface area (Å²) in [5, 5.41) is 15.3. The van der Waals surface area contributed by atoms with Crippen molar-refractivity contribution >= 4 is 28.9 Å². The number of ether oxygens (including phenoxy) is 1. The van der Waals surface area contributed by atoms with Crippen LogP contribution in [-0.2, 0) is 0 Å². The first-order valence-corrected chi connectivity index (χ1v) is 7.23. The molecule has 2 rings (SSSR count). The summed E-state index contributed by atoms with van der Waals surface area (Å²) in [6, 6.07) is 11.0. The van der Waals surface area contributed by atoms with Gasteiger partial charge in [0.2, 0.25) is 0 Å². The van der Waals surface area contributed by atoms with Gasteiger partial charge in [-0.3, -0.25) is 14.9 Å². The first-order chi connectivity index (χ1) is 11.4. The van der Waals surface area contributed by atoms with E-state index >= 15 is 0 Å². The predicted octanol–water partition coefficient (Wildman–Crippen LogP) is 3.41. The van der Waals surface area contributed by atoms with Crippen molar-refractivity contribution in [3.63, 3.8) is 0 Å². The summed E-state index contributed by atoms with van der Waals surface area (Å²) < 4.78 is 4.94. The molecular formula is C16H14ClN3O4. The van der Waals surface area contributed by atoms with Gasteiger partial charge in [-0.1, -0.05) is 23.7 Å². The molecule has 8 heteroatoms. The number of hydrogen-bond acceptors (Lipinski definition) is 5. The number of hydrazone groups is 1. The zero-order valence-corrected chi connectivity index (χ0v) is 13.7. The Morgan fingerprint density at radius 1 is 1.29 bits per heavy atom. The second-order valence-electron chi connectivity index (χ2n) is 4.76. The topological polar surface area (TPSA) is 93.8 Å². The number of benzene rings is 2. The molecule has 0 radical (unpaired) electrons. The molecule has 0 aliphatic rings. The van der Waals surface area contributed by atoms with Crippen molar-refractivity contribution in [1.82, 2.24) is 5.43 Å². The van der Waals surface area contributed by atoms with Gasteiger partial charge in [-0.25, -0.2) is 5.43 Å². The second-order valence-corrected chi connectivity index (χ2v) is 5.17. The molecule has 1 amide bonds. The normalized spacial score (nSPS) is 11.0. The first-order valence-electron chi connectivity index (χ1n) is 6.86. The van der Waals surface area contributed by atoms with Gasteiger partial charge in [0.05, 0.1) is 28.3 Å². The quantitative estimate of drug-likeness (QED) is 0.509. The van der Waals surface area contributed by atoms with Crippen molar-refractivity contribution in [2.24, 2.45) is 5.10 Å². The summed E-state index contributed by atoms with van der Waals surface area (Å²) in [6.45, 7) is 1.62. The number of nitro benzene ring substituents is 1. The molecule has 0 saturated carbocycles. The number of halogens is 1. The molecule has 2 aromatic carbocycles. The molecule has 0 saturated heterocycles. The highest BCUT2D eigenvalue weighted by atomic mass is 35.5. The fourth-order valence-corrected chi connectivity index (χ4v) is 2.18. The molecule has 0 aliphatic carbocycles. The van der Waals surface area contributed by atoms with Crippen LogP contribution in [0.25, 0.3) is 0 Å². The Kier molecular flexibility index (Phi) is 5.49. The lowest BCUT2D eigenvalue weighted by molar-refractivity contribution is -0.385. The highest BCUT2D eigenvalue weighted by Gasteiger charge is 2.16. The molecule has 0 atom stereocenters. The molecule has 0 bridgehead atoms. The van der Waals surface area contributed by atoms with Crippen molar-refractivity contribution in [3.05, 3.63) is 68.7 Å². The molecule has 24 heavy (non-hydrogen) atoms. The Morgan fingerprint density at radius 3 is 2.62 bits per heavy atom. The largest absolute Gasteiger partial charge is 0.490 e. The summed E-state index contributed by atoms with van der Waals surface area (Å²) in [5.41, 5.74) is 3.38. The van der Waals surface area contributed by atoms with E-state index in [1.54, 1.807) is 37.3 Å². The molecular weight excluding hydrogens is 334 g/mol. The molecule has 2 aromatic rings. The van der Waals surface area contributed by atoms with E-state index in [2.05, 4.69) is 10.5 Å². The van der Waals surface area contributed by atoms with Gasteiger partial charge >= 0.3 is 5.69 Å². The van der Waals surface area contributed by atoms with Crippen LogP contribution in [0.2, 0.25) is 5.02 Å². The summed E-state index contributed by atoms with van der Waals surface area (Å²) in [7, 11) is 1.35. The van der Waals surface area contributed by atoms with E-state index in [1.807, 2.05) is 0 Å². The van der Waals surface area contributed by atoms with Crippen molar-refractivity contribution in [1.29, 1.82) is 0 Å². The SMILES string of the molecule is COc1ccc(/C(C)=N\NC(=O)c2ccccc2Cl)cc1[N+](=O)[O-]. The van der Waals surface area contributed by atoms with E-state index in [0.29, 0.717) is 16.3 Å². The van der Waals surface area contributed by atoms with Crippen LogP contribution in [0.5, 0.6) is 5.75 Å². The fourth-order valence-electron chi connectivity index (χ4n) is 1.96. The summed E-state index contributed by atoms with van der Waals surface area (Å²) in [6.07, 6.45) is 0. The molecule has 1 N–H and O–H groups in total. The van der Waals surface area contributed by atoms with Gasteiger partial charge < -0.3 is 4.74 Å². The lowest BCUT2D eigenvalue weighted by Crippen LogP contribution is -2.19. The Labute approximate surface area is 143 Å². The minimum Gasteiger partial charge on any atom is -0.490 e. The highest BCUT2D eigenvalue weighted by Crippen LogP contribution is 2.27. The molecule has 7 nitrogen and oxygen atoms in total. The van der Waals surface area contributed by atoms with E-state index < -0.39 is 10.8 Å². The van der Waals surface area contributed by atoms with Crippen LogP contribution in [0.3, 0.4) is 0 Å². The van der Waals surface area contributed by atoms with E-state index in [4.69, 9.17) is 16.3 Å². The minimum atomic E-state index is -0.544. The maximum Gasteiger partial charge on any atom is 0.311 e. The van der Waals surface area contributed by atoms with Crippen molar-refractivity contribution in [2.45, 2.75) is 6.92 Å². The zero-order valence-electron chi connectivity index (χ0n) is 12.9. The Hall–Kier alpha value is -2.93. The smallest absolute Gasteiger partial charge is 0.311 e.